The summed E-state index contributed by atoms with van der Waals surface area (Å²) in [5, 5.41) is 3.64. The van der Waals surface area contributed by atoms with Crippen LogP contribution in [-0.4, -0.2) is 13.7 Å². The minimum atomic E-state index is 0.559. The normalized spacial score (nSPS) is 17.6. The predicted molar refractivity (Wildman–Crippen MR) is 83.6 cm³/mol. The van der Waals surface area contributed by atoms with Crippen molar-refractivity contribution in [1.29, 1.82) is 0 Å². The van der Waals surface area contributed by atoms with Crippen LogP contribution in [0.2, 0.25) is 0 Å². The zero-order valence-corrected chi connectivity index (χ0v) is 13.6. The van der Waals surface area contributed by atoms with Gasteiger partial charge in [0.1, 0.15) is 5.75 Å². The van der Waals surface area contributed by atoms with Crippen molar-refractivity contribution in [2.75, 3.05) is 13.7 Å². The molecule has 1 aromatic carbocycles. The minimum absolute atomic E-state index is 0.559. The van der Waals surface area contributed by atoms with Gasteiger partial charge in [-0.05, 0) is 58.3 Å². The maximum atomic E-state index is 5.25. The van der Waals surface area contributed by atoms with Crippen molar-refractivity contribution >= 4 is 15.9 Å². The van der Waals surface area contributed by atoms with Crippen molar-refractivity contribution in [1.82, 2.24) is 5.32 Å². The average molecular weight is 326 g/mol. The van der Waals surface area contributed by atoms with Gasteiger partial charge >= 0.3 is 0 Å². The van der Waals surface area contributed by atoms with Gasteiger partial charge in [0, 0.05) is 13.1 Å². The number of benzene rings is 1. The second kappa shape index (κ2) is 6.76. The molecular formula is C16H24BrNO. The van der Waals surface area contributed by atoms with E-state index >= 15 is 0 Å². The second-order valence-electron chi connectivity index (χ2n) is 5.63. The summed E-state index contributed by atoms with van der Waals surface area (Å²) in [7, 11) is 1.70. The molecular weight excluding hydrogens is 302 g/mol. The molecule has 2 nitrogen and oxygen atoms in total. The lowest BCUT2D eigenvalue weighted by Crippen LogP contribution is -2.31. The van der Waals surface area contributed by atoms with E-state index in [4.69, 9.17) is 4.74 Å². The number of halogens is 1. The van der Waals surface area contributed by atoms with Crippen LogP contribution in [0, 0.1) is 5.41 Å². The van der Waals surface area contributed by atoms with Crippen molar-refractivity contribution in [3.63, 3.8) is 0 Å². The van der Waals surface area contributed by atoms with Gasteiger partial charge in [-0.15, -0.1) is 0 Å². The van der Waals surface area contributed by atoms with Crippen LogP contribution in [0.15, 0.2) is 22.7 Å². The third-order valence-corrected chi connectivity index (χ3v) is 5.08. The summed E-state index contributed by atoms with van der Waals surface area (Å²) < 4.78 is 6.28. The van der Waals surface area contributed by atoms with Crippen molar-refractivity contribution < 1.29 is 4.74 Å². The molecule has 3 heteroatoms. The molecule has 0 heterocycles. The molecule has 0 bridgehead atoms. The van der Waals surface area contributed by atoms with Gasteiger partial charge < -0.3 is 10.1 Å². The lowest BCUT2D eigenvalue weighted by molar-refractivity contribution is 0.268. The van der Waals surface area contributed by atoms with Gasteiger partial charge in [-0.1, -0.05) is 25.8 Å². The van der Waals surface area contributed by atoms with Crippen LogP contribution in [0.25, 0.3) is 0 Å². The molecule has 19 heavy (non-hydrogen) atoms. The molecule has 1 fully saturated rings. The Labute approximate surface area is 125 Å². The summed E-state index contributed by atoms with van der Waals surface area (Å²) in [6.07, 6.45) is 6.89. The lowest BCUT2D eigenvalue weighted by Gasteiger charge is -2.27. The van der Waals surface area contributed by atoms with Gasteiger partial charge in [0.2, 0.25) is 0 Å². The van der Waals surface area contributed by atoms with Crippen molar-refractivity contribution in [3.05, 3.63) is 28.2 Å². The van der Waals surface area contributed by atoms with Gasteiger partial charge in [-0.3, -0.25) is 0 Å². The summed E-state index contributed by atoms with van der Waals surface area (Å²) in [6.45, 7) is 4.41. The van der Waals surface area contributed by atoms with Crippen LogP contribution in [0.3, 0.4) is 0 Å². The van der Waals surface area contributed by atoms with Gasteiger partial charge in [0.25, 0.3) is 0 Å². The molecule has 0 saturated heterocycles. The number of ether oxygens (including phenoxy) is 1. The van der Waals surface area contributed by atoms with Crippen LogP contribution in [0.5, 0.6) is 5.75 Å². The highest BCUT2D eigenvalue weighted by Crippen LogP contribution is 2.40. The summed E-state index contributed by atoms with van der Waals surface area (Å²) in [4.78, 5) is 0. The zero-order valence-electron chi connectivity index (χ0n) is 12.0. The number of methoxy groups -OCH3 is 1. The molecule has 1 aliphatic carbocycles. The van der Waals surface area contributed by atoms with Gasteiger partial charge in [0.15, 0.2) is 0 Å². The molecule has 0 radical (unpaired) electrons. The Morgan fingerprint density at radius 1 is 1.32 bits per heavy atom. The van der Waals surface area contributed by atoms with Crippen molar-refractivity contribution in [2.45, 2.75) is 45.6 Å². The Balaban J connectivity index is 1.87. The molecule has 1 aliphatic rings. The smallest absolute Gasteiger partial charge is 0.133 e. The molecule has 106 valence electrons. The van der Waals surface area contributed by atoms with E-state index in [1.807, 2.05) is 6.07 Å². The number of nitrogens with one attached hydrogen (secondary N) is 1. The largest absolute Gasteiger partial charge is 0.496 e. The fourth-order valence-electron chi connectivity index (χ4n) is 3.07. The van der Waals surface area contributed by atoms with E-state index in [1.54, 1.807) is 7.11 Å². The quantitative estimate of drug-likeness (QED) is 0.830. The highest BCUT2D eigenvalue weighted by Gasteiger charge is 2.31. The molecule has 0 aliphatic heterocycles. The molecule has 0 unspecified atom stereocenters. The SMILES string of the molecule is CCC1(CNCc2ccc(OC)c(Br)c2)CCCC1. The summed E-state index contributed by atoms with van der Waals surface area (Å²) in [6, 6.07) is 6.29. The highest BCUT2D eigenvalue weighted by atomic mass is 79.9. The van der Waals surface area contributed by atoms with Crippen LogP contribution in [-0.2, 0) is 6.54 Å². The van der Waals surface area contributed by atoms with Crippen LogP contribution >= 0.6 is 15.9 Å². The van der Waals surface area contributed by atoms with E-state index in [0.29, 0.717) is 5.41 Å². The van der Waals surface area contributed by atoms with E-state index in [1.165, 1.54) is 37.7 Å². The third kappa shape index (κ3) is 3.73. The van der Waals surface area contributed by atoms with Crippen LogP contribution in [0.4, 0.5) is 0 Å². The van der Waals surface area contributed by atoms with E-state index in [9.17, 15) is 0 Å². The van der Waals surface area contributed by atoms with E-state index in [-0.39, 0.29) is 0 Å². The van der Waals surface area contributed by atoms with Crippen molar-refractivity contribution in [2.24, 2.45) is 5.41 Å². The number of hydrogen-bond donors (Lipinski definition) is 1. The van der Waals surface area contributed by atoms with Crippen LogP contribution < -0.4 is 10.1 Å². The molecule has 0 amide bonds. The monoisotopic (exact) mass is 325 g/mol. The standard InChI is InChI=1S/C16H24BrNO/c1-3-16(8-4-5-9-16)12-18-11-13-6-7-15(19-2)14(17)10-13/h6-7,10,18H,3-5,8-9,11-12H2,1-2H3. The Hall–Kier alpha value is -0.540. The van der Waals surface area contributed by atoms with Crippen LogP contribution in [0.1, 0.15) is 44.6 Å². The molecule has 0 aromatic heterocycles. The Bertz CT molecular complexity index is 413. The first-order valence-corrected chi connectivity index (χ1v) is 8.01. The molecule has 2 rings (SSSR count). The van der Waals surface area contributed by atoms with E-state index in [2.05, 4.69) is 40.3 Å². The summed E-state index contributed by atoms with van der Waals surface area (Å²) >= 11 is 3.54. The second-order valence-corrected chi connectivity index (χ2v) is 6.49. The van der Waals surface area contributed by atoms with E-state index in [0.717, 1.165) is 23.3 Å². The molecule has 0 atom stereocenters. The summed E-state index contributed by atoms with van der Waals surface area (Å²) in [5.74, 6) is 0.893. The first kappa shape index (κ1) is 14.9. The fourth-order valence-corrected chi connectivity index (χ4v) is 3.66. The maximum Gasteiger partial charge on any atom is 0.133 e. The number of rotatable bonds is 6. The lowest BCUT2D eigenvalue weighted by atomic mass is 9.83. The topological polar surface area (TPSA) is 21.3 Å². The van der Waals surface area contributed by atoms with Crippen molar-refractivity contribution in [3.8, 4) is 5.75 Å². The zero-order chi connectivity index (χ0) is 13.7. The third-order valence-electron chi connectivity index (χ3n) is 4.46. The number of hydrogen-bond acceptors (Lipinski definition) is 2. The molecule has 1 saturated carbocycles. The average Bonchev–Trinajstić information content (AvgIpc) is 2.88. The fraction of sp³-hybridized carbons (Fsp3) is 0.625. The van der Waals surface area contributed by atoms with Gasteiger partial charge in [-0.25, -0.2) is 0 Å². The maximum absolute atomic E-state index is 5.25. The first-order chi connectivity index (χ1) is 9.19. The molecule has 1 N–H and O–H groups in total. The highest BCUT2D eigenvalue weighted by molar-refractivity contribution is 9.10. The molecule has 1 aromatic rings. The molecule has 0 spiro atoms. The Morgan fingerprint density at radius 2 is 2.05 bits per heavy atom. The van der Waals surface area contributed by atoms with E-state index < -0.39 is 0 Å². The summed E-state index contributed by atoms with van der Waals surface area (Å²) in [5.41, 5.74) is 1.86. The van der Waals surface area contributed by atoms with Gasteiger partial charge in [-0.2, -0.15) is 0 Å². The minimum Gasteiger partial charge on any atom is -0.496 e. The van der Waals surface area contributed by atoms with Gasteiger partial charge in [0.05, 0.1) is 11.6 Å². The Kier molecular flexibility index (Phi) is 5.28. The predicted octanol–water partition coefficient (Wildman–Crippen LogP) is 4.52. The Morgan fingerprint density at radius 3 is 2.63 bits per heavy atom. The first-order valence-electron chi connectivity index (χ1n) is 7.22.